The van der Waals surface area contributed by atoms with E-state index < -0.39 is 22.0 Å². The molecule has 0 saturated carbocycles. The lowest BCUT2D eigenvalue weighted by molar-refractivity contribution is -0.138. The highest BCUT2D eigenvalue weighted by molar-refractivity contribution is 7.89. The van der Waals surface area contributed by atoms with E-state index in [1.165, 1.54) is 19.3 Å². The Morgan fingerprint density at radius 3 is 2.74 bits per heavy atom. The summed E-state index contributed by atoms with van der Waals surface area (Å²) in [6, 6.07) is 6.42. The first-order valence-electron chi connectivity index (χ1n) is 11.3. The van der Waals surface area contributed by atoms with Gasteiger partial charge >= 0.3 is 5.97 Å². The Morgan fingerprint density at radius 2 is 2.03 bits per heavy atom. The molecule has 7 nitrogen and oxygen atoms in total. The van der Waals surface area contributed by atoms with Crippen LogP contribution in [0.4, 0.5) is 0 Å². The molecule has 3 N–H and O–H groups in total. The van der Waals surface area contributed by atoms with Crippen LogP contribution in [0.5, 0.6) is 0 Å². The molecule has 0 aliphatic carbocycles. The number of aryl methyl sites for hydroxylation is 1. The lowest BCUT2D eigenvalue weighted by Gasteiger charge is -2.22. The summed E-state index contributed by atoms with van der Waals surface area (Å²) < 4.78 is 32.6. The minimum atomic E-state index is -3.62. The molecule has 1 aliphatic rings. The number of carbonyl (C=O) groups is 1. The van der Waals surface area contributed by atoms with Crippen molar-refractivity contribution in [2.24, 2.45) is 5.92 Å². The zero-order chi connectivity index (χ0) is 22.3. The number of nitrogens with one attached hydrogen (secondary N) is 2. The molecule has 2 heterocycles. The number of furan rings is 1. The fourth-order valence-corrected chi connectivity index (χ4v) is 5.55. The van der Waals surface area contributed by atoms with Crippen molar-refractivity contribution in [1.29, 1.82) is 0 Å². The predicted molar refractivity (Wildman–Crippen MR) is 122 cm³/mol. The maximum Gasteiger partial charge on any atom is 0.322 e. The summed E-state index contributed by atoms with van der Waals surface area (Å²) in [5, 5.41) is 13.9. The summed E-state index contributed by atoms with van der Waals surface area (Å²) in [5.74, 6) is 0.492. The van der Waals surface area contributed by atoms with E-state index in [2.05, 4.69) is 10.0 Å². The molecule has 31 heavy (non-hydrogen) atoms. The largest absolute Gasteiger partial charge is 0.480 e. The highest BCUT2D eigenvalue weighted by Gasteiger charge is 2.24. The number of fused-ring (bicyclic) bond motifs is 1. The van der Waals surface area contributed by atoms with E-state index in [1.807, 2.05) is 31.2 Å². The number of carboxylic acid groups (broad SMARTS) is 1. The van der Waals surface area contributed by atoms with Gasteiger partial charge in [0.25, 0.3) is 0 Å². The molecular formula is C23H34N2O5S. The summed E-state index contributed by atoms with van der Waals surface area (Å²) in [4.78, 5) is 11.6. The molecule has 0 bridgehead atoms. The van der Waals surface area contributed by atoms with Gasteiger partial charge in [-0.1, -0.05) is 25.5 Å². The predicted octanol–water partition coefficient (Wildman–Crippen LogP) is 3.47. The quantitative estimate of drug-likeness (QED) is 0.457. The third kappa shape index (κ3) is 7.33. The molecule has 172 valence electrons. The first-order chi connectivity index (χ1) is 14.9. The standard InChI is InChI=1S/C23H34N2O5S/c1-2-3-13-31(28,29)25-21(23(26)27)14-18-7-8-19-16-20(30-22(19)15-18)6-4-5-17-9-11-24-12-10-17/h7-8,15-17,21,24-25H,2-6,9-14H2,1H3,(H,26,27). The summed E-state index contributed by atoms with van der Waals surface area (Å²) in [6.07, 6.45) is 6.99. The van der Waals surface area contributed by atoms with Gasteiger partial charge in [-0.25, -0.2) is 13.1 Å². The van der Waals surface area contributed by atoms with Crippen LogP contribution < -0.4 is 10.0 Å². The SMILES string of the molecule is CCCCS(=O)(=O)NC(Cc1ccc2cc(CCCC3CCNCC3)oc2c1)C(=O)O. The maximum absolute atomic E-state index is 12.1. The number of benzene rings is 1. The number of unbranched alkanes of at least 4 members (excludes halogenated alkanes) is 1. The molecule has 1 atom stereocenters. The topological polar surface area (TPSA) is 109 Å². The first kappa shape index (κ1) is 23.8. The smallest absolute Gasteiger partial charge is 0.322 e. The van der Waals surface area contributed by atoms with E-state index in [0.29, 0.717) is 12.0 Å². The van der Waals surface area contributed by atoms with Crippen LogP contribution in [0.15, 0.2) is 28.7 Å². The number of sulfonamides is 1. The van der Waals surface area contributed by atoms with E-state index in [9.17, 15) is 18.3 Å². The summed E-state index contributed by atoms with van der Waals surface area (Å²) in [6.45, 7) is 4.12. The third-order valence-electron chi connectivity index (χ3n) is 5.96. The van der Waals surface area contributed by atoms with Gasteiger partial charge in [0.2, 0.25) is 10.0 Å². The van der Waals surface area contributed by atoms with Crippen LogP contribution in [0.25, 0.3) is 11.0 Å². The lowest BCUT2D eigenvalue weighted by atomic mass is 9.92. The van der Waals surface area contributed by atoms with Gasteiger partial charge in [-0.15, -0.1) is 0 Å². The van der Waals surface area contributed by atoms with Crippen LogP contribution in [0.1, 0.15) is 56.8 Å². The molecule has 1 aromatic carbocycles. The van der Waals surface area contributed by atoms with Crippen molar-refractivity contribution in [2.45, 2.75) is 64.3 Å². The number of aliphatic carboxylic acids is 1. The molecule has 1 aliphatic heterocycles. The van der Waals surface area contributed by atoms with Crippen LogP contribution >= 0.6 is 0 Å². The summed E-state index contributed by atoms with van der Waals surface area (Å²) in [5.41, 5.74) is 1.45. The number of rotatable bonds is 12. The number of carboxylic acids is 1. The maximum atomic E-state index is 12.1. The normalized spacial score (nSPS) is 16.5. The van der Waals surface area contributed by atoms with Gasteiger partial charge in [0, 0.05) is 11.8 Å². The van der Waals surface area contributed by atoms with E-state index in [0.717, 1.165) is 55.0 Å². The molecule has 8 heteroatoms. The Labute approximate surface area is 184 Å². The van der Waals surface area contributed by atoms with Gasteiger partial charge in [-0.2, -0.15) is 0 Å². The lowest BCUT2D eigenvalue weighted by Crippen LogP contribution is -2.43. The van der Waals surface area contributed by atoms with E-state index in [-0.39, 0.29) is 12.2 Å². The van der Waals surface area contributed by atoms with Crippen molar-refractivity contribution < 1.29 is 22.7 Å². The molecule has 1 fully saturated rings. The molecule has 0 amide bonds. The van der Waals surface area contributed by atoms with Gasteiger partial charge < -0.3 is 14.8 Å². The summed E-state index contributed by atoms with van der Waals surface area (Å²) in [7, 11) is -3.62. The average molecular weight is 451 g/mol. The van der Waals surface area contributed by atoms with Crippen molar-refractivity contribution in [3.05, 3.63) is 35.6 Å². The second-order valence-electron chi connectivity index (χ2n) is 8.56. The van der Waals surface area contributed by atoms with E-state index >= 15 is 0 Å². The zero-order valence-corrected chi connectivity index (χ0v) is 19.0. The monoisotopic (exact) mass is 450 g/mol. The molecule has 2 aromatic rings. The Kier molecular flexibility index (Phi) is 8.51. The molecule has 0 spiro atoms. The minimum absolute atomic E-state index is 0.0643. The molecule has 0 radical (unpaired) electrons. The van der Waals surface area contributed by atoms with E-state index in [4.69, 9.17) is 4.42 Å². The highest BCUT2D eigenvalue weighted by atomic mass is 32.2. The Bertz CT molecular complexity index is 964. The van der Waals surface area contributed by atoms with Crippen molar-refractivity contribution in [1.82, 2.24) is 10.0 Å². The second kappa shape index (κ2) is 11.1. The van der Waals surface area contributed by atoms with Crippen LogP contribution in [0.3, 0.4) is 0 Å². The molecular weight excluding hydrogens is 416 g/mol. The summed E-state index contributed by atoms with van der Waals surface area (Å²) >= 11 is 0. The van der Waals surface area contributed by atoms with Gasteiger partial charge in [0.1, 0.15) is 17.4 Å². The third-order valence-corrected chi connectivity index (χ3v) is 7.43. The zero-order valence-electron chi connectivity index (χ0n) is 18.2. The number of hydrogen-bond acceptors (Lipinski definition) is 5. The van der Waals surface area contributed by atoms with Crippen LogP contribution in [-0.2, 0) is 27.7 Å². The van der Waals surface area contributed by atoms with Crippen LogP contribution in [-0.4, -0.2) is 44.4 Å². The first-order valence-corrected chi connectivity index (χ1v) is 13.0. The fraction of sp³-hybridized carbons (Fsp3) is 0.609. The average Bonchev–Trinajstić information content (AvgIpc) is 3.14. The van der Waals surface area contributed by atoms with Crippen LogP contribution in [0.2, 0.25) is 0 Å². The van der Waals surface area contributed by atoms with Gasteiger partial charge in [-0.05, 0) is 75.2 Å². The van der Waals surface area contributed by atoms with Gasteiger partial charge in [0.15, 0.2) is 0 Å². The van der Waals surface area contributed by atoms with Gasteiger partial charge in [-0.3, -0.25) is 4.79 Å². The van der Waals surface area contributed by atoms with Crippen LogP contribution in [0, 0.1) is 5.92 Å². The Hall–Kier alpha value is -1.90. The fourth-order valence-electron chi connectivity index (χ4n) is 4.14. The van der Waals surface area contributed by atoms with Crippen molar-refractivity contribution in [3.8, 4) is 0 Å². The minimum Gasteiger partial charge on any atom is -0.480 e. The van der Waals surface area contributed by atoms with Crippen molar-refractivity contribution in [3.63, 3.8) is 0 Å². The number of hydrogen-bond donors (Lipinski definition) is 3. The van der Waals surface area contributed by atoms with Crippen molar-refractivity contribution in [2.75, 3.05) is 18.8 Å². The molecule has 3 rings (SSSR count). The second-order valence-corrected chi connectivity index (χ2v) is 10.4. The van der Waals surface area contributed by atoms with E-state index in [1.54, 1.807) is 0 Å². The Morgan fingerprint density at radius 1 is 1.26 bits per heavy atom. The van der Waals surface area contributed by atoms with Gasteiger partial charge in [0.05, 0.1) is 5.75 Å². The van der Waals surface area contributed by atoms with Crippen molar-refractivity contribution >= 4 is 27.0 Å². The Balaban J connectivity index is 1.60. The number of piperidine rings is 1. The molecule has 1 unspecified atom stereocenters. The molecule has 1 saturated heterocycles. The molecule has 1 aromatic heterocycles. The highest BCUT2D eigenvalue weighted by Crippen LogP contribution is 2.24.